The Morgan fingerprint density at radius 2 is 2.40 bits per heavy atom. The first-order valence-corrected chi connectivity index (χ1v) is 6.54. The van der Waals surface area contributed by atoms with Gasteiger partial charge in [0.15, 0.2) is 0 Å². The van der Waals surface area contributed by atoms with Gasteiger partial charge in [-0.1, -0.05) is 11.6 Å². The van der Waals surface area contributed by atoms with E-state index in [0.29, 0.717) is 17.4 Å². The van der Waals surface area contributed by atoms with Crippen molar-refractivity contribution in [1.29, 1.82) is 0 Å². The molecule has 1 heterocycles. The Hall–Kier alpha value is -1.99. The second-order valence-electron chi connectivity index (χ2n) is 3.69. The number of hydrogen-bond donors (Lipinski definition) is 1. The van der Waals surface area contributed by atoms with Crippen molar-refractivity contribution in [3.05, 3.63) is 50.1 Å². The van der Waals surface area contributed by atoms with Gasteiger partial charge < -0.3 is 4.74 Å². The first-order chi connectivity index (χ1) is 9.61. The summed E-state index contributed by atoms with van der Waals surface area (Å²) in [6.45, 7) is 2.41. The molecule has 2 aromatic rings. The van der Waals surface area contributed by atoms with Crippen molar-refractivity contribution < 1.29 is 4.74 Å². The molecule has 20 heavy (non-hydrogen) atoms. The maximum atomic E-state index is 11.5. The lowest BCUT2D eigenvalue weighted by Crippen LogP contribution is -2.18. The van der Waals surface area contributed by atoms with Crippen LogP contribution in [-0.4, -0.2) is 27.7 Å². The van der Waals surface area contributed by atoms with Crippen molar-refractivity contribution in [2.24, 2.45) is 5.10 Å². The van der Waals surface area contributed by atoms with Gasteiger partial charge in [-0.05, 0) is 42.9 Å². The van der Waals surface area contributed by atoms with E-state index in [9.17, 15) is 4.79 Å². The summed E-state index contributed by atoms with van der Waals surface area (Å²) in [5.74, 6) is 0.602. The lowest BCUT2D eigenvalue weighted by molar-refractivity contribution is 0.340. The highest BCUT2D eigenvalue weighted by atomic mass is 35.5. The third-order valence-electron chi connectivity index (χ3n) is 2.31. The number of H-pyrrole nitrogens is 1. The van der Waals surface area contributed by atoms with Crippen LogP contribution in [0.2, 0.25) is 5.02 Å². The molecule has 1 aromatic heterocycles. The molecule has 0 radical (unpaired) electrons. The Kier molecular flexibility index (Phi) is 4.65. The third kappa shape index (κ3) is 3.31. The van der Waals surface area contributed by atoms with Gasteiger partial charge in [0.1, 0.15) is 11.9 Å². The van der Waals surface area contributed by atoms with Crippen LogP contribution in [0.1, 0.15) is 12.5 Å². The topological polar surface area (TPSA) is 72.3 Å². The van der Waals surface area contributed by atoms with E-state index < -0.39 is 5.56 Å². The monoisotopic (exact) mass is 310 g/mol. The summed E-state index contributed by atoms with van der Waals surface area (Å²) < 4.78 is 6.48. The summed E-state index contributed by atoms with van der Waals surface area (Å²) in [6, 6.07) is 5.21. The number of nitrogens with one attached hydrogen (secondary N) is 1. The van der Waals surface area contributed by atoms with E-state index in [1.165, 1.54) is 6.21 Å². The second kappa shape index (κ2) is 6.44. The quantitative estimate of drug-likeness (QED) is 0.694. The van der Waals surface area contributed by atoms with Gasteiger partial charge in [-0.15, -0.1) is 0 Å². The Morgan fingerprint density at radius 3 is 3.05 bits per heavy atom. The highest BCUT2D eigenvalue weighted by molar-refractivity contribution is 7.71. The number of halogens is 1. The molecule has 8 heteroatoms. The molecule has 104 valence electrons. The normalized spacial score (nSPS) is 10.9. The van der Waals surface area contributed by atoms with E-state index in [0.717, 1.165) is 16.4 Å². The van der Waals surface area contributed by atoms with E-state index in [2.05, 4.69) is 15.3 Å². The molecule has 0 aliphatic rings. The predicted molar refractivity (Wildman–Crippen MR) is 79.3 cm³/mol. The van der Waals surface area contributed by atoms with Crippen LogP contribution >= 0.6 is 23.8 Å². The zero-order chi connectivity index (χ0) is 14.5. The van der Waals surface area contributed by atoms with E-state index in [1.807, 2.05) is 6.92 Å². The van der Waals surface area contributed by atoms with Crippen molar-refractivity contribution >= 4 is 30.0 Å². The number of aromatic amines is 1. The molecule has 1 N–H and O–H groups in total. The van der Waals surface area contributed by atoms with Gasteiger partial charge >= 0.3 is 0 Å². The van der Waals surface area contributed by atoms with Crippen LogP contribution in [0.25, 0.3) is 0 Å². The number of benzene rings is 1. The van der Waals surface area contributed by atoms with Crippen LogP contribution in [0, 0.1) is 4.77 Å². The lowest BCUT2D eigenvalue weighted by atomic mass is 10.2. The minimum Gasteiger partial charge on any atom is -0.492 e. The molecule has 6 nitrogen and oxygen atoms in total. The van der Waals surface area contributed by atoms with Crippen molar-refractivity contribution in [2.75, 3.05) is 6.61 Å². The zero-order valence-corrected chi connectivity index (χ0v) is 12.1. The van der Waals surface area contributed by atoms with E-state index in [1.54, 1.807) is 18.2 Å². The van der Waals surface area contributed by atoms with Gasteiger partial charge in [-0.2, -0.15) is 14.9 Å². The number of hydrogen-bond acceptors (Lipinski definition) is 5. The van der Waals surface area contributed by atoms with E-state index in [-0.39, 0.29) is 4.77 Å². The maximum absolute atomic E-state index is 11.5. The first-order valence-electron chi connectivity index (χ1n) is 5.75. The van der Waals surface area contributed by atoms with Crippen LogP contribution in [0.3, 0.4) is 0 Å². The van der Waals surface area contributed by atoms with Gasteiger partial charge in [-0.3, -0.25) is 9.89 Å². The zero-order valence-electron chi connectivity index (χ0n) is 10.5. The standard InChI is InChI=1S/C12H11ClN4O2S/c1-2-19-10-4-3-8(5-9(10)13)6-15-17-11(18)7-14-16-12(17)20/h3-7H,2H2,1H3,(H,16,20)/b15-6-. The molecule has 0 spiro atoms. The number of ether oxygens (including phenoxy) is 1. The van der Waals surface area contributed by atoms with Crippen LogP contribution in [0.4, 0.5) is 0 Å². The molecule has 2 rings (SSSR count). The average molecular weight is 311 g/mol. The molecule has 0 saturated heterocycles. The summed E-state index contributed by atoms with van der Waals surface area (Å²) >= 11 is 11.0. The minimum absolute atomic E-state index is 0.116. The predicted octanol–water partition coefficient (Wildman–Crippen LogP) is 2.24. The van der Waals surface area contributed by atoms with Crippen LogP contribution in [-0.2, 0) is 0 Å². The molecule has 0 fully saturated rings. The van der Waals surface area contributed by atoms with Crippen molar-refractivity contribution in [2.45, 2.75) is 6.92 Å². The van der Waals surface area contributed by atoms with Crippen molar-refractivity contribution in [3.63, 3.8) is 0 Å². The molecule has 0 bridgehead atoms. The number of aromatic nitrogens is 3. The smallest absolute Gasteiger partial charge is 0.293 e. The summed E-state index contributed by atoms with van der Waals surface area (Å²) in [7, 11) is 0. The van der Waals surface area contributed by atoms with Gasteiger partial charge in [0.05, 0.1) is 17.8 Å². The molecule has 0 aliphatic heterocycles. The Morgan fingerprint density at radius 1 is 1.60 bits per heavy atom. The molecular weight excluding hydrogens is 300 g/mol. The Bertz CT molecular complexity index is 725. The Labute approximate surface area is 124 Å². The highest BCUT2D eigenvalue weighted by Gasteiger charge is 2.01. The summed E-state index contributed by atoms with van der Waals surface area (Å²) in [4.78, 5) is 11.5. The highest BCUT2D eigenvalue weighted by Crippen LogP contribution is 2.24. The largest absolute Gasteiger partial charge is 0.492 e. The van der Waals surface area contributed by atoms with Crippen LogP contribution in [0.15, 0.2) is 34.3 Å². The van der Waals surface area contributed by atoms with Gasteiger partial charge in [0.2, 0.25) is 4.77 Å². The number of rotatable bonds is 4. The Balaban J connectivity index is 2.30. The summed E-state index contributed by atoms with van der Waals surface area (Å²) in [6.07, 6.45) is 2.57. The van der Waals surface area contributed by atoms with Crippen molar-refractivity contribution in [3.8, 4) is 5.75 Å². The van der Waals surface area contributed by atoms with Crippen LogP contribution < -0.4 is 10.3 Å². The first kappa shape index (κ1) is 14.4. The molecule has 0 aliphatic carbocycles. The second-order valence-corrected chi connectivity index (χ2v) is 4.49. The minimum atomic E-state index is -0.415. The fourth-order valence-corrected chi connectivity index (χ4v) is 1.88. The maximum Gasteiger partial charge on any atom is 0.293 e. The van der Waals surface area contributed by atoms with Gasteiger partial charge in [0, 0.05) is 0 Å². The van der Waals surface area contributed by atoms with E-state index in [4.69, 9.17) is 28.6 Å². The SMILES string of the molecule is CCOc1ccc(/C=N\n2c(=O)cn[nH]c2=S)cc1Cl. The fraction of sp³-hybridized carbons (Fsp3) is 0.167. The lowest BCUT2D eigenvalue weighted by Gasteiger charge is -2.05. The molecular formula is C12H11ClN4O2S. The summed E-state index contributed by atoms with van der Waals surface area (Å²) in [5, 5.41) is 10.5. The van der Waals surface area contributed by atoms with Crippen LogP contribution in [0.5, 0.6) is 5.75 Å². The van der Waals surface area contributed by atoms with E-state index >= 15 is 0 Å². The molecule has 0 saturated carbocycles. The summed E-state index contributed by atoms with van der Waals surface area (Å²) in [5.41, 5.74) is 0.304. The molecule has 0 amide bonds. The molecule has 0 unspecified atom stereocenters. The number of nitrogens with zero attached hydrogens (tertiary/aromatic N) is 3. The van der Waals surface area contributed by atoms with Gasteiger partial charge in [0.25, 0.3) is 5.56 Å². The van der Waals surface area contributed by atoms with Gasteiger partial charge in [-0.25, -0.2) is 0 Å². The fourth-order valence-electron chi connectivity index (χ4n) is 1.45. The molecule has 0 atom stereocenters. The molecule has 1 aromatic carbocycles. The average Bonchev–Trinajstić information content (AvgIpc) is 2.41. The van der Waals surface area contributed by atoms with Crippen molar-refractivity contribution in [1.82, 2.24) is 14.9 Å². The third-order valence-corrected chi connectivity index (χ3v) is 2.87.